The number of aliphatic hydroxyl groups is 1. The maximum absolute atomic E-state index is 12.3. The van der Waals surface area contributed by atoms with E-state index in [1.807, 2.05) is 55.5 Å². The lowest BCUT2D eigenvalue weighted by atomic mass is 9.98. The van der Waals surface area contributed by atoms with Crippen LogP contribution in [0, 0.1) is 0 Å². The van der Waals surface area contributed by atoms with Gasteiger partial charge in [0.1, 0.15) is 18.5 Å². The zero-order valence-corrected chi connectivity index (χ0v) is 18.3. The molecule has 0 unspecified atom stereocenters. The molecule has 0 saturated carbocycles. The third-order valence-electron chi connectivity index (χ3n) is 5.79. The Balaban J connectivity index is 1.27. The van der Waals surface area contributed by atoms with E-state index in [0.29, 0.717) is 13.2 Å². The van der Waals surface area contributed by atoms with Crippen LogP contribution in [-0.2, 0) is 11.2 Å². The average Bonchev–Trinajstić information content (AvgIpc) is 3.15. The minimum absolute atomic E-state index is 0.0301. The number of alkyl carbamates (subject to hydrolysis) is 1. The van der Waals surface area contributed by atoms with Crippen LogP contribution in [0.3, 0.4) is 0 Å². The highest BCUT2D eigenvalue weighted by Gasteiger charge is 2.28. The summed E-state index contributed by atoms with van der Waals surface area (Å²) in [6.45, 7) is 2.63. The highest BCUT2D eigenvalue weighted by molar-refractivity contribution is 5.79. The Labute approximate surface area is 189 Å². The fraction of sp³-hybridized carbons (Fsp3) is 0.296. The van der Waals surface area contributed by atoms with Gasteiger partial charge in [0.15, 0.2) is 0 Å². The standard InChI is InChI=1S/C27H29NO4/c1-19(17-29)32-26-15-7-2-9-20(26)10-8-16-28-27(30)31-18-25-23-13-5-3-11-21(23)22-12-4-6-14-24(22)25/h2-7,9,11-15,19,25,29H,8,10,16-18H2,1H3,(H,28,30)/t19-/m1/s1. The summed E-state index contributed by atoms with van der Waals surface area (Å²) in [5, 5.41) is 12.1. The molecule has 5 heteroatoms. The maximum Gasteiger partial charge on any atom is 0.407 e. The molecular formula is C27H29NO4. The molecule has 3 aromatic rings. The smallest absolute Gasteiger partial charge is 0.407 e. The van der Waals surface area contributed by atoms with Crippen molar-refractivity contribution in [3.8, 4) is 16.9 Å². The van der Waals surface area contributed by atoms with Gasteiger partial charge in [-0.2, -0.15) is 0 Å². The van der Waals surface area contributed by atoms with Crippen LogP contribution < -0.4 is 10.1 Å². The molecule has 1 amide bonds. The van der Waals surface area contributed by atoms with Gasteiger partial charge >= 0.3 is 6.09 Å². The Morgan fingerprint density at radius 3 is 2.28 bits per heavy atom. The molecule has 1 atom stereocenters. The van der Waals surface area contributed by atoms with Crippen LogP contribution in [0.25, 0.3) is 11.1 Å². The Hall–Kier alpha value is -3.31. The molecule has 0 aliphatic heterocycles. The lowest BCUT2D eigenvalue weighted by Crippen LogP contribution is -2.27. The summed E-state index contributed by atoms with van der Waals surface area (Å²) in [4.78, 5) is 12.3. The summed E-state index contributed by atoms with van der Waals surface area (Å²) >= 11 is 0. The van der Waals surface area contributed by atoms with Crippen molar-refractivity contribution in [2.24, 2.45) is 0 Å². The molecule has 0 aromatic heterocycles. The molecule has 4 rings (SSSR count). The fourth-order valence-electron chi connectivity index (χ4n) is 4.20. The fourth-order valence-corrected chi connectivity index (χ4v) is 4.20. The molecule has 1 aliphatic rings. The van der Waals surface area contributed by atoms with Gasteiger partial charge in [0, 0.05) is 12.5 Å². The third kappa shape index (κ3) is 4.94. The van der Waals surface area contributed by atoms with Gasteiger partial charge in [0.2, 0.25) is 0 Å². The largest absolute Gasteiger partial charge is 0.488 e. The number of aliphatic hydroxyl groups excluding tert-OH is 1. The summed E-state index contributed by atoms with van der Waals surface area (Å²) in [6, 6.07) is 24.4. The summed E-state index contributed by atoms with van der Waals surface area (Å²) in [7, 11) is 0. The molecule has 0 spiro atoms. The molecule has 5 nitrogen and oxygen atoms in total. The van der Waals surface area contributed by atoms with E-state index in [1.165, 1.54) is 22.3 Å². The Kier molecular flexibility index (Phi) is 7.07. The summed E-state index contributed by atoms with van der Waals surface area (Å²) < 4.78 is 11.3. The number of nitrogens with one attached hydrogen (secondary N) is 1. The van der Waals surface area contributed by atoms with Crippen molar-refractivity contribution in [2.45, 2.75) is 31.8 Å². The molecule has 0 fully saturated rings. The summed E-state index contributed by atoms with van der Waals surface area (Å²) in [5.74, 6) is 0.834. The first kappa shape index (κ1) is 21.9. The summed E-state index contributed by atoms with van der Waals surface area (Å²) in [5.41, 5.74) is 5.90. The van der Waals surface area contributed by atoms with E-state index in [-0.39, 0.29) is 18.6 Å². The van der Waals surface area contributed by atoms with Crippen molar-refractivity contribution in [3.63, 3.8) is 0 Å². The van der Waals surface area contributed by atoms with Gasteiger partial charge in [-0.25, -0.2) is 4.79 Å². The van der Waals surface area contributed by atoms with E-state index < -0.39 is 6.09 Å². The number of para-hydroxylation sites is 1. The van der Waals surface area contributed by atoms with Crippen LogP contribution in [-0.4, -0.2) is 37.1 Å². The maximum atomic E-state index is 12.3. The molecule has 166 valence electrons. The highest BCUT2D eigenvalue weighted by atomic mass is 16.5. The molecular weight excluding hydrogens is 402 g/mol. The first-order valence-electron chi connectivity index (χ1n) is 11.1. The molecule has 0 heterocycles. The van der Waals surface area contributed by atoms with Crippen LogP contribution in [0.2, 0.25) is 0 Å². The number of hydrogen-bond acceptors (Lipinski definition) is 4. The number of hydrogen-bond donors (Lipinski definition) is 2. The molecule has 0 radical (unpaired) electrons. The van der Waals surface area contributed by atoms with Crippen molar-refractivity contribution in [1.82, 2.24) is 5.32 Å². The highest BCUT2D eigenvalue weighted by Crippen LogP contribution is 2.44. The summed E-state index contributed by atoms with van der Waals surface area (Å²) in [6.07, 6.45) is 0.871. The lowest BCUT2D eigenvalue weighted by molar-refractivity contribution is 0.128. The zero-order valence-electron chi connectivity index (χ0n) is 18.3. The first-order valence-corrected chi connectivity index (χ1v) is 11.1. The van der Waals surface area contributed by atoms with Crippen LogP contribution >= 0.6 is 0 Å². The second-order valence-corrected chi connectivity index (χ2v) is 8.07. The lowest BCUT2D eigenvalue weighted by Gasteiger charge is -2.16. The second-order valence-electron chi connectivity index (χ2n) is 8.07. The van der Waals surface area contributed by atoms with E-state index in [9.17, 15) is 9.90 Å². The van der Waals surface area contributed by atoms with E-state index in [1.54, 1.807) is 0 Å². The quantitative estimate of drug-likeness (QED) is 0.472. The van der Waals surface area contributed by atoms with E-state index >= 15 is 0 Å². The topological polar surface area (TPSA) is 67.8 Å². The van der Waals surface area contributed by atoms with Crippen molar-refractivity contribution < 1.29 is 19.4 Å². The number of carbonyl (C=O) groups is 1. The molecule has 2 N–H and O–H groups in total. The van der Waals surface area contributed by atoms with Crippen molar-refractivity contribution >= 4 is 6.09 Å². The number of rotatable bonds is 9. The van der Waals surface area contributed by atoms with Gasteiger partial charge in [-0.15, -0.1) is 0 Å². The van der Waals surface area contributed by atoms with E-state index in [0.717, 1.165) is 24.2 Å². The predicted molar refractivity (Wildman–Crippen MR) is 125 cm³/mol. The van der Waals surface area contributed by atoms with Crippen molar-refractivity contribution in [1.29, 1.82) is 0 Å². The monoisotopic (exact) mass is 431 g/mol. The number of fused-ring (bicyclic) bond motifs is 3. The molecule has 32 heavy (non-hydrogen) atoms. The number of amides is 1. The van der Waals surface area contributed by atoms with Crippen LogP contribution in [0.4, 0.5) is 4.79 Å². The Morgan fingerprint density at radius 2 is 1.59 bits per heavy atom. The van der Waals surface area contributed by atoms with Crippen molar-refractivity contribution in [2.75, 3.05) is 19.8 Å². The molecule has 1 aliphatic carbocycles. The minimum atomic E-state index is -0.398. The van der Waals surface area contributed by atoms with Crippen LogP contribution in [0.5, 0.6) is 5.75 Å². The van der Waals surface area contributed by atoms with Gasteiger partial charge in [-0.1, -0.05) is 66.7 Å². The SMILES string of the molecule is C[C@H](CO)Oc1ccccc1CCCNC(=O)OCC1c2ccccc2-c2ccccc21. The van der Waals surface area contributed by atoms with Gasteiger partial charge in [-0.3, -0.25) is 0 Å². The first-order chi connectivity index (χ1) is 15.7. The Bertz CT molecular complexity index is 1020. The number of carbonyl (C=O) groups excluding carboxylic acids is 1. The molecule has 3 aromatic carbocycles. The molecule has 0 saturated heterocycles. The van der Waals surface area contributed by atoms with E-state index in [2.05, 4.69) is 29.6 Å². The second kappa shape index (κ2) is 10.3. The zero-order chi connectivity index (χ0) is 22.3. The van der Waals surface area contributed by atoms with Gasteiger partial charge < -0.3 is 19.9 Å². The van der Waals surface area contributed by atoms with E-state index in [4.69, 9.17) is 9.47 Å². The average molecular weight is 432 g/mol. The minimum Gasteiger partial charge on any atom is -0.488 e. The van der Waals surface area contributed by atoms with Gasteiger partial charge in [-0.05, 0) is 53.6 Å². The normalized spacial score (nSPS) is 13.2. The number of aryl methyl sites for hydroxylation is 1. The Morgan fingerprint density at radius 1 is 0.969 bits per heavy atom. The third-order valence-corrected chi connectivity index (χ3v) is 5.79. The van der Waals surface area contributed by atoms with Crippen LogP contribution in [0.1, 0.15) is 36.0 Å². The van der Waals surface area contributed by atoms with Crippen LogP contribution in [0.15, 0.2) is 72.8 Å². The molecule has 0 bridgehead atoms. The van der Waals surface area contributed by atoms with Crippen molar-refractivity contribution in [3.05, 3.63) is 89.5 Å². The number of benzene rings is 3. The van der Waals surface area contributed by atoms with Gasteiger partial charge in [0.25, 0.3) is 0 Å². The van der Waals surface area contributed by atoms with Gasteiger partial charge in [0.05, 0.1) is 6.61 Å². The predicted octanol–water partition coefficient (Wildman–Crippen LogP) is 4.92. The number of ether oxygens (including phenoxy) is 2.